The van der Waals surface area contributed by atoms with Gasteiger partial charge >= 0.3 is 0 Å². The van der Waals surface area contributed by atoms with Gasteiger partial charge in [0.25, 0.3) is 0 Å². The van der Waals surface area contributed by atoms with E-state index in [0.29, 0.717) is 18.8 Å². The molecule has 0 unspecified atom stereocenters. The number of hydrogen-bond donors (Lipinski definition) is 2. The van der Waals surface area contributed by atoms with Gasteiger partial charge in [-0.15, -0.1) is 0 Å². The van der Waals surface area contributed by atoms with Crippen LogP contribution >= 0.6 is 0 Å². The minimum Gasteiger partial charge on any atom is -0.508 e. The molecule has 0 bridgehead atoms. The van der Waals surface area contributed by atoms with Gasteiger partial charge in [-0.3, -0.25) is 14.7 Å². The van der Waals surface area contributed by atoms with Gasteiger partial charge in [0.2, 0.25) is 5.91 Å². The zero-order valence-electron chi connectivity index (χ0n) is 16.9. The molecule has 1 aromatic rings. The number of nitrogens with zero attached hydrogens (tertiary/aromatic N) is 4. The summed E-state index contributed by atoms with van der Waals surface area (Å²) in [5.74, 6) is 1.51. The first-order chi connectivity index (χ1) is 13.7. The maximum Gasteiger partial charge on any atom is 0.236 e. The number of likely N-dealkylation sites (tertiary alicyclic amines) is 1. The van der Waals surface area contributed by atoms with E-state index in [-0.39, 0.29) is 5.91 Å². The predicted octanol–water partition coefficient (Wildman–Crippen LogP) is 1.14. The van der Waals surface area contributed by atoms with Gasteiger partial charge in [-0.05, 0) is 43.9 Å². The Balaban J connectivity index is 1.47. The van der Waals surface area contributed by atoms with Crippen molar-refractivity contribution in [2.45, 2.75) is 26.2 Å². The lowest BCUT2D eigenvalue weighted by molar-refractivity contribution is -0.131. The average molecular weight is 388 g/mol. The van der Waals surface area contributed by atoms with E-state index >= 15 is 0 Å². The number of benzene rings is 1. The van der Waals surface area contributed by atoms with Crippen molar-refractivity contribution in [3.63, 3.8) is 0 Å². The second-order valence-corrected chi connectivity index (χ2v) is 7.51. The Kier molecular flexibility index (Phi) is 7.54. The minimum absolute atomic E-state index is 0.276. The summed E-state index contributed by atoms with van der Waals surface area (Å²) < 4.78 is 0. The first-order valence-electron chi connectivity index (χ1n) is 10.5. The van der Waals surface area contributed by atoms with Gasteiger partial charge in [0.15, 0.2) is 5.96 Å². The number of carbonyl (C=O) groups excluding carboxylic acids is 1. The van der Waals surface area contributed by atoms with E-state index in [2.05, 4.69) is 22.0 Å². The van der Waals surface area contributed by atoms with E-state index in [0.717, 1.165) is 76.6 Å². The first-order valence-corrected chi connectivity index (χ1v) is 10.5. The Morgan fingerprint density at radius 1 is 1.11 bits per heavy atom. The molecule has 3 rings (SSSR count). The molecule has 0 spiro atoms. The van der Waals surface area contributed by atoms with Crippen LogP contribution in [0.5, 0.6) is 5.75 Å². The van der Waals surface area contributed by atoms with Crippen molar-refractivity contribution in [1.29, 1.82) is 0 Å². The molecule has 7 heteroatoms. The predicted molar refractivity (Wildman–Crippen MR) is 112 cm³/mol. The monoisotopic (exact) mass is 387 g/mol. The fraction of sp³-hybridized carbons (Fsp3) is 0.619. The van der Waals surface area contributed by atoms with E-state index in [1.165, 1.54) is 0 Å². The summed E-state index contributed by atoms with van der Waals surface area (Å²) in [5, 5.41) is 13.0. The fourth-order valence-corrected chi connectivity index (χ4v) is 3.80. The van der Waals surface area contributed by atoms with Gasteiger partial charge in [-0.25, -0.2) is 0 Å². The molecular formula is C21H33N5O2. The molecule has 0 atom stereocenters. The van der Waals surface area contributed by atoms with Crippen molar-refractivity contribution in [2.24, 2.45) is 4.99 Å². The van der Waals surface area contributed by atoms with Crippen LogP contribution in [0.15, 0.2) is 29.3 Å². The van der Waals surface area contributed by atoms with Gasteiger partial charge in [0, 0.05) is 52.4 Å². The lowest BCUT2D eigenvalue weighted by Gasteiger charge is -2.36. The molecule has 154 valence electrons. The number of nitrogens with one attached hydrogen (secondary N) is 1. The van der Waals surface area contributed by atoms with Gasteiger partial charge in [-0.1, -0.05) is 12.1 Å². The standard InChI is InChI=1S/C21H33N5O2/c1-2-22-21(23-9-8-18-6-5-7-19(27)16-18)26-14-12-24(13-15-26)17-20(28)25-10-3-4-11-25/h5-7,16,27H,2-4,8-15,17H2,1H3,(H,22,23). The highest BCUT2D eigenvalue weighted by Crippen LogP contribution is 2.12. The number of aliphatic imine (C=N–C) groups is 1. The highest BCUT2D eigenvalue weighted by molar-refractivity contribution is 5.80. The molecule has 2 saturated heterocycles. The van der Waals surface area contributed by atoms with Crippen LogP contribution in [0.1, 0.15) is 25.3 Å². The molecule has 1 aromatic carbocycles. The summed E-state index contributed by atoms with van der Waals surface area (Å²) >= 11 is 0. The van der Waals surface area contributed by atoms with Gasteiger partial charge < -0.3 is 20.2 Å². The van der Waals surface area contributed by atoms with Crippen LogP contribution in [-0.2, 0) is 11.2 Å². The third-order valence-electron chi connectivity index (χ3n) is 5.40. The van der Waals surface area contributed by atoms with Crippen LogP contribution < -0.4 is 5.32 Å². The Labute approximate surface area is 168 Å². The molecule has 0 saturated carbocycles. The van der Waals surface area contributed by atoms with Crippen LogP contribution in [-0.4, -0.2) is 90.6 Å². The molecule has 2 aliphatic rings. The number of phenols is 1. The molecule has 1 amide bonds. The maximum atomic E-state index is 12.3. The zero-order chi connectivity index (χ0) is 19.8. The maximum absolute atomic E-state index is 12.3. The van der Waals surface area contributed by atoms with Crippen molar-refractivity contribution in [3.8, 4) is 5.75 Å². The molecule has 7 nitrogen and oxygen atoms in total. The van der Waals surface area contributed by atoms with Crippen molar-refractivity contribution >= 4 is 11.9 Å². The molecule has 2 aliphatic heterocycles. The van der Waals surface area contributed by atoms with E-state index in [4.69, 9.17) is 4.99 Å². The van der Waals surface area contributed by atoms with Crippen LogP contribution in [0.2, 0.25) is 0 Å². The number of guanidine groups is 1. The largest absolute Gasteiger partial charge is 0.508 e. The third-order valence-corrected chi connectivity index (χ3v) is 5.40. The van der Waals surface area contributed by atoms with Crippen molar-refractivity contribution < 1.29 is 9.90 Å². The number of carbonyl (C=O) groups is 1. The normalized spacial score (nSPS) is 18.5. The van der Waals surface area contributed by atoms with E-state index in [9.17, 15) is 9.90 Å². The molecular weight excluding hydrogens is 354 g/mol. The lowest BCUT2D eigenvalue weighted by atomic mass is 10.1. The fourth-order valence-electron chi connectivity index (χ4n) is 3.80. The number of hydrogen-bond acceptors (Lipinski definition) is 4. The van der Waals surface area contributed by atoms with Crippen LogP contribution in [0.25, 0.3) is 0 Å². The van der Waals surface area contributed by atoms with Gasteiger partial charge in [0.1, 0.15) is 5.75 Å². The summed E-state index contributed by atoms with van der Waals surface area (Å²) in [4.78, 5) is 23.7. The lowest BCUT2D eigenvalue weighted by Crippen LogP contribution is -2.54. The Bertz CT molecular complexity index is 665. The summed E-state index contributed by atoms with van der Waals surface area (Å²) in [7, 11) is 0. The Morgan fingerprint density at radius 2 is 1.86 bits per heavy atom. The molecule has 2 heterocycles. The first kappa shape index (κ1) is 20.5. The molecule has 28 heavy (non-hydrogen) atoms. The summed E-state index contributed by atoms with van der Waals surface area (Å²) in [6.45, 7) is 9.51. The molecule has 2 N–H and O–H groups in total. The van der Waals surface area contributed by atoms with Crippen molar-refractivity contribution in [1.82, 2.24) is 20.0 Å². The summed E-state index contributed by atoms with van der Waals surface area (Å²) in [5.41, 5.74) is 1.09. The van der Waals surface area contributed by atoms with Crippen LogP contribution in [0.3, 0.4) is 0 Å². The van der Waals surface area contributed by atoms with E-state index in [1.807, 2.05) is 17.0 Å². The average Bonchev–Trinajstić information content (AvgIpc) is 3.23. The molecule has 0 aliphatic carbocycles. The number of phenolic OH excluding ortho intramolecular Hbond substituents is 1. The second-order valence-electron chi connectivity index (χ2n) is 7.51. The van der Waals surface area contributed by atoms with E-state index < -0.39 is 0 Å². The van der Waals surface area contributed by atoms with Crippen LogP contribution in [0.4, 0.5) is 0 Å². The molecule has 2 fully saturated rings. The number of aromatic hydroxyl groups is 1. The molecule has 0 aromatic heterocycles. The number of piperazine rings is 1. The number of amides is 1. The minimum atomic E-state index is 0.276. The summed E-state index contributed by atoms with van der Waals surface area (Å²) in [6.07, 6.45) is 3.09. The second kappa shape index (κ2) is 10.3. The number of rotatable bonds is 6. The smallest absolute Gasteiger partial charge is 0.236 e. The van der Waals surface area contributed by atoms with Gasteiger partial charge in [0.05, 0.1) is 6.54 Å². The highest BCUT2D eigenvalue weighted by atomic mass is 16.3. The highest BCUT2D eigenvalue weighted by Gasteiger charge is 2.24. The van der Waals surface area contributed by atoms with Crippen molar-refractivity contribution in [2.75, 3.05) is 58.9 Å². The summed E-state index contributed by atoms with van der Waals surface area (Å²) in [6, 6.07) is 7.35. The SMILES string of the molecule is CCNC(=NCCc1cccc(O)c1)N1CCN(CC(=O)N2CCCC2)CC1. The van der Waals surface area contributed by atoms with Crippen LogP contribution in [0, 0.1) is 0 Å². The third kappa shape index (κ3) is 5.86. The quantitative estimate of drug-likeness (QED) is 0.566. The Hall–Kier alpha value is -2.28. The Morgan fingerprint density at radius 3 is 2.54 bits per heavy atom. The zero-order valence-corrected chi connectivity index (χ0v) is 16.9. The van der Waals surface area contributed by atoms with E-state index in [1.54, 1.807) is 12.1 Å². The van der Waals surface area contributed by atoms with Crippen molar-refractivity contribution in [3.05, 3.63) is 29.8 Å². The topological polar surface area (TPSA) is 71.4 Å². The van der Waals surface area contributed by atoms with Gasteiger partial charge in [-0.2, -0.15) is 0 Å². The molecule has 0 radical (unpaired) electrons.